The molecule has 0 heterocycles. The molecule has 0 aliphatic heterocycles. The van der Waals surface area contributed by atoms with Crippen LogP contribution >= 0.6 is 0 Å². The average molecular weight is 259 g/mol. The van der Waals surface area contributed by atoms with Gasteiger partial charge in [-0.1, -0.05) is 60.4 Å². The van der Waals surface area contributed by atoms with E-state index in [1.807, 2.05) is 7.05 Å². The normalized spacial score (nSPS) is 10.4. The lowest BCUT2D eigenvalue weighted by molar-refractivity contribution is 0.818. The van der Waals surface area contributed by atoms with Gasteiger partial charge in [-0.25, -0.2) is 0 Å². The maximum Gasteiger partial charge on any atom is 0.0330 e. The largest absolute Gasteiger partial charge is 0.319 e. The summed E-state index contributed by atoms with van der Waals surface area (Å²) >= 11 is 0. The Morgan fingerprint density at radius 3 is 2.40 bits per heavy atom. The summed E-state index contributed by atoms with van der Waals surface area (Å²) in [7, 11) is 1.95. The fourth-order valence-electron chi connectivity index (χ4n) is 2.50. The van der Waals surface area contributed by atoms with Gasteiger partial charge in [-0.3, -0.25) is 0 Å². The van der Waals surface area contributed by atoms with Crippen LogP contribution in [0.3, 0.4) is 0 Å². The second-order valence-electron chi connectivity index (χ2n) is 4.85. The molecule has 3 aromatic carbocycles. The van der Waals surface area contributed by atoms with Crippen molar-refractivity contribution in [1.29, 1.82) is 0 Å². The summed E-state index contributed by atoms with van der Waals surface area (Å²) in [5, 5.41) is 8.19. The van der Waals surface area contributed by atoms with Crippen molar-refractivity contribution in [2.45, 2.75) is 6.42 Å². The minimum atomic E-state index is 0.873. The number of rotatable bonds is 2. The summed E-state index contributed by atoms with van der Waals surface area (Å²) in [6.45, 7) is 0.929. The summed E-state index contributed by atoms with van der Waals surface area (Å²) in [6, 6.07) is 19.2. The van der Waals surface area contributed by atoms with Gasteiger partial charge in [-0.2, -0.15) is 0 Å². The van der Waals surface area contributed by atoms with Crippen LogP contribution in [0.4, 0.5) is 0 Å². The van der Waals surface area contributed by atoms with Gasteiger partial charge in [0.05, 0.1) is 0 Å². The standard InChI is InChI=1S/C19H17N/c1-20-13-7-6-9-16-14-15-8-2-3-10-17(15)19-12-5-4-11-18(16)19/h2-5,8,10-12,14,20H,7,13H2,1H3. The number of fused-ring (bicyclic) bond motifs is 3. The number of hydrogen-bond acceptors (Lipinski definition) is 1. The van der Waals surface area contributed by atoms with Gasteiger partial charge in [0.25, 0.3) is 0 Å². The van der Waals surface area contributed by atoms with Crippen LogP contribution in [0, 0.1) is 11.8 Å². The van der Waals surface area contributed by atoms with Crippen LogP contribution in [-0.4, -0.2) is 13.6 Å². The minimum absolute atomic E-state index is 0.873. The molecule has 0 saturated heterocycles. The molecule has 1 nitrogen and oxygen atoms in total. The van der Waals surface area contributed by atoms with E-state index in [1.165, 1.54) is 21.5 Å². The first-order chi connectivity index (χ1) is 9.90. The van der Waals surface area contributed by atoms with E-state index < -0.39 is 0 Å². The lowest BCUT2D eigenvalue weighted by Crippen LogP contribution is -2.05. The molecule has 3 aromatic rings. The van der Waals surface area contributed by atoms with E-state index in [4.69, 9.17) is 0 Å². The van der Waals surface area contributed by atoms with Gasteiger partial charge in [-0.15, -0.1) is 0 Å². The Morgan fingerprint density at radius 1 is 0.900 bits per heavy atom. The van der Waals surface area contributed by atoms with E-state index in [0.29, 0.717) is 0 Å². The molecule has 0 aromatic heterocycles. The SMILES string of the molecule is CNCCC#Cc1cc2ccccc2c2ccccc12. The zero-order valence-electron chi connectivity index (χ0n) is 11.6. The highest BCUT2D eigenvalue weighted by atomic mass is 14.8. The van der Waals surface area contributed by atoms with Crippen LogP contribution < -0.4 is 5.32 Å². The van der Waals surface area contributed by atoms with E-state index in [1.54, 1.807) is 0 Å². The molecule has 0 radical (unpaired) electrons. The third kappa shape index (κ3) is 2.39. The number of hydrogen-bond donors (Lipinski definition) is 1. The van der Waals surface area contributed by atoms with Crippen molar-refractivity contribution in [2.24, 2.45) is 0 Å². The van der Waals surface area contributed by atoms with E-state index in [0.717, 1.165) is 18.5 Å². The van der Waals surface area contributed by atoms with Gasteiger partial charge in [0.2, 0.25) is 0 Å². The Labute approximate surface area is 119 Å². The molecule has 20 heavy (non-hydrogen) atoms. The highest BCUT2D eigenvalue weighted by Gasteiger charge is 2.03. The van der Waals surface area contributed by atoms with E-state index in [2.05, 4.69) is 71.8 Å². The minimum Gasteiger partial charge on any atom is -0.319 e. The van der Waals surface area contributed by atoms with E-state index >= 15 is 0 Å². The van der Waals surface area contributed by atoms with Crippen LogP contribution in [0.25, 0.3) is 21.5 Å². The smallest absolute Gasteiger partial charge is 0.0330 e. The predicted molar refractivity (Wildman–Crippen MR) is 86.9 cm³/mol. The van der Waals surface area contributed by atoms with E-state index in [-0.39, 0.29) is 0 Å². The first kappa shape index (κ1) is 12.7. The maximum absolute atomic E-state index is 3.32. The van der Waals surface area contributed by atoms with Crippen LogP contribution in [0.15, 0.2) is 54.6 Å². The monoisotopic (exact) mass is 259 g/mol. The second-order valence-corrected chi connectivity index (χ2v) is 4.85. The summed E-state index contributed by atoms with van der Waals surface area (Å²) in [4.78, 5) is 0. The van der Waals surface area contributed by atoms with Crippen LogP contribution in [0.1, 0.15) is 12.0 Å². The molecular formula is C19H17N. The molecule has 0 aliphatic carbocycles. The molecule has 0 saturated carbocycles. The third-order valence-electron chi connectivity index (χ3n) is 3.49. The molecule has 3 rings (SSSR count). The van der Waals surface area contributed by atoms with Crippen LogP contribution in [0.5, 0.6) is 0 Å². The summed E-state index contributed by atoms with van der Waals surface area (Å²) < 4.78 is 0. The molecule has 0 bridgehead atoms. The Balaban J connectivity index is 2.20. The lowest BCUT2D eigenvalue weighted by atomic mass is 9.97. The summed E-state index contributed by atoms with van der Waals surface area (Å²) in [5.41, 5.74) is 1.12. The molecule has 0 fully saturated rings. The first-order valence-corrected chi connectivity index (χ1v) is 6.94. The molecule has 0 aliphatic rings. The van der Waals surface area contributed by atoms with Crippen molar-refractivity contribution in [2.75, 3.05) is 13.6 Å². The fourth-order valence-corrected chi connectivity index (χ4v) is 2.50. The highest BCUT2D eigenvalue weighted by molar-refractivity contribution is 6.09. The number of nitrogens with one attached hydrogen (secondary N) is 1. The van der Waals surface area contributed by atoms with Gasteiger partial charge in [0.15, 0.2) is 0 Å². The molecule has 1 N–H and O–H groups in total. The Bertz CT molecular complexity index is 806. The zero-order chi connectivity index (χ0) is 13.8. The molecule has 0 atom stereocenters. The van der Waals surface area contributed by atoms with E-state index in [9.17, 15) is 0 Å². The predicted octanol–water partition coefficient (Wildman–Crippen LogP) is 3.95. The molecule has 0 unspecified atom stereocenters. The highest BCUT2D eigenvalue weighted by Crippen LogP contribution is 2.28. The quantitative estimate of drug-likeness (QED) is 0.417. The van der Waals surface area contributed by atoms with Crippen molar-refractivity contribution >= 4 is 21.5 Å². The first-order valence-electron chi connectivity index (χ1n) is 6.94. The van der Waals surface area contributed by atoms with Crippen molar-refractivity contribution < 1.29 is 0 Å². The van der Waals surface area contributed by atoms with Crippen molar-refractivity contribution in [3.63, 3.8) is 0 Å². The van der Waals surface area contributed by atoms with Gasteiger partial charge < -0.3 is 5.32 Å². The second kappa shape index (κ2) is 5.77. The van der Waals surface area contributed by atoms with Crippen molar-refractivity contribution in [3.05, 3.63) is 60.2 Å². The zero-order valence-corrected chi connectivity index (χ0v) is 11.6. The van der Waals surface area contributed by atoms with Gasteiger partial charge in [0, 0.05) is 18.5 Å². The van der Waals surface area contributed by atoms with Gasteiger partial charge >= 0.3 is 0 Å². The topological polar surface area (TPSA) is 12.0 Å². The summed E-state index contributed by atoms with van der Waals surface area (Å²) in [6.07, 6.45) is 0.873. The number of benzene rings is 3. The lowest BCUT2D eigenvalue weighted by Gasteiger charge is -2.06. The Kier molecular flexibility index (Phi) is 3.67. The van der Waals surface area contributed by atoms with Crippen LogP contribution in [0.2, 0.25) is 0 Å². The van der Waals surface area contributed by atoms with Crippen molar-refractivity contribution in [1.82, 2.24) is 5.32 Å². The van der Waals surface area contributed by atoms with Gasteiger partial charge in [0.1, 0.15) is 0 Å². The molecule has 1 heteroatoms. The molecule has 98 valence electrons. The third-order valence-corrected chi connectivity index (χ3v) is 3.49. The fraction of sp³-hybridized carbons (Fsp3) is 0.158. The Morgan fingerprint density at radius 2 is 1.60 bits per heavy atom. The van der Waals surface area contributed by atoms with Crippen molar-refractivity contribution in [3.8, 4) is 11.8 Å². The molecule has 0 spiro atoms. The average Bonchev–Trinajstić information content (AvgIpc) is 2.51. The molecule has 0 amide bonds. The summed E-state index contributed by atoms with van der Waals surface area (Å²) in [5.74, 6) is 6.57. The maximum atomic E-state index is 3.32. The Hall–Kier alpha value is -2.30. The molecular weight excluding hydrogens is 242 g/mol. The van der Waals surface area contributed by atoms with Gasteiger partial charge in [-0.05, 0) is 34.7 Å². The van der Waals surface area contributed by atoms with Crippen LogP contribution in [-0.2, 0) is 0 Å².